The lowest BCUT2D eigenvalue weighted by molar-refractivity contribution is 0.539. The van der Waals surface area contributed by atoms with Gasteiger partial charge < -0.3 is 5.32 Å². The van der Waals surface area contributed by atoms with Crippen LogP contribution in [0.3, 0.4) is 0 Å². The molecule has 0 spiro atoms. The molecule has 2 rings (SSSR count). The molecular weight excluding hydrogens is 258 g/mol. The molecule has 0 saturated heterocycles. The van der Waals surface area contributed by atoms with Crippen molar-refractivity contribution in [3.63, 3.8) is 0 Å². The molecule has 19 heavy (non-hydrogen) atoms. The van der Waals surface area contributed by atoms with Gasteiger partial charge in [-0.2, -0.15) is 10.4 Å². The summed E-state index contributed by atoms with van der Waals surface area (Å²) in [4.78, 5) is 4.30. The second kappa shape index (κ2) is 5.67. The first kappa shape index (κ1) is 13.3. The van der Waals surface area contributed by atoms with Crippen molar-refractivity contribution in [1.29, 1.82) is 5.26 Å². The molecule has 0 unspecified atom stereocenters. The minimum Gasteiger partial charge on any atom is -0.345 e. The summed E-state index contributed by atoms with van der Waals surface area (Å²) in [6, 6.07) is 4.30. The Kier molecular flexibility index (Phi) is 3.97. The van der Waals surface area contributed by atoms with Crippen LogP contribution in [0.25, 0.3) is 5.57 Å². The van der Waals surface area contributed by atoms with Crippen molar-refractivity contribution >= 4 is 22.7 Å². The highest BCUT2D eigenvalue weighted by molar-refractivity contribution is 7.10. The van der Waals surface area contributed by atoms with Crippen molar-refractivity contribution in [2.45, 2.75) is 26.8 Å². The van der Waals surface area contributed by atoms with Crippen LogP contribution in [-0.2, 0) is 0 Å². The van der Waals surface area contributed by atoms with Gasteiger partial charge in [0.2, 0.25) is 0 Å². The fraction of sp³-hybridized carbons (Fsp3) is 0.308. The van der Waals surface area contributed by atoms with Gasteiger partial charge in [0.05, 0.1) is 6.20 Å². The Balaban J connectivity index is 2.21. The summed E-state index contributed by atoms with van der Waals surface area (Å²) in [6.07, 6.45) is 3.41. The molecule has 1 N–H and O–H groups in total. The molecule has 0 fully saturated rings. The maximum absolute atomic E-state index is 9.18. The SMILES string of the molecule is Cc1csc(/C(C#N)=C/Nc2ccnn2C(C)C)n1. The van der Waals surface area contributed by atoms with Crippen LogP contribution in [0.1, 0.15) is 30.6 Å². The summed E-state index contributed by atoms with van der Waals surface area (Å²) >= 11 is 1.47. The summed E-state index contributed by atoms with van der Waals surface area (Å²) in [5.41, 5.74) is 1.45. The number of nitrogens with zero attached hydrogens (tertiary/aromatic N) is 4. The van der Waals surface area contributed by atoms with E-state index in [1.54, 1.807) is 12.4 Å². The summed E-state index contributed by atoms with van der Waals surface area (Å²) in [7, 11) is 0. The molecule has 0 saturated carbocycles. The quantitative estimate of drug-likeness (QED) is 0.869. The van der Waals surface area contributed by atoms with Crippen LogP contribution in [0.15, 0.2) is 23.8 Å². The Morgan fingerprint density at radius 1 is 1.58 bits per heavy atom. The molecule has 0 aliphatic carbocycles. The average Bonchev–Trinajstić information content (AvgIpc) is 2.99. The zero-order chi connectivity index (χ0) is 13.8. The minimum atomic E-state index is 0.263. The molecule has 0 aliphatic rings. The van der Waals surface area contributed by atoms with Crippen molar-refractivity contribution in [2.75, 3.05) is 5.32 Å². The van der Waals surface area contributed by atoms with Gasteiger partial charge in [-0.05, 0) is 20.8 Å². The van der Waals surface area contributed by atoms with Crippen molar-refractivity contribution in [3.8, 4) is 6.07 Å². The summed E-state index contributed by atoms with van der Waals surface area (Å²) in [6.45, 7) is 6.02. The number of nitrogens with one attached hydrogen (secondary N) is 1. The van der Waals surface area contributed by atoms with Crippen LogP contribution in [0, 0.1) is 18.3 Å². The third-order valence-electron chi connectivity index (χ3n) is 2.49. The van der Waals surface area contributed by atoms with Gasteiger partial charge in [0.15, 0.2) is 0 Å². The first-order valence-electron chi connectivity index (χ1n) is 5.94. The molecule has 98 valence electrons. The molecule has 5 nitrogen and oxygen atoms in total. The van der Waals surface area contributed by atoms with Crippen LogP contribution in [0.2, 0.25) is 0 Å². The maximum atomic E-state index is 9.18. The van der Waals surface area contributed by atoms with Crippen molar-refractivity contribution < 1.29 is 0 Å². The van der Waals surface area contributed by atoms with Crippen LogP contribution >= 0.6 is 11.3 Å². The number of nitriles is 1. The molecule has 0 aromatic carbocycles. The van der Waals surface area contributed by atoms with E-state index in [0.717, 1.165) is 16.5 Å². The van der Waals surface area contributed by atoms with E-state index in [1.807, 2.05) is 23.1 Å². The number of aromatic nitrogens is 3. The van der Waals surface area contributed by atoms with E-state index in [-0.39, 0.29) is 6.04 Å². The monoisotopic (exact) mass is 273 g/mol. The molecule has 0 radical (unpaired) electrons. The van der Waals surface area contributed by atoms with Gasteiger partial charge in [0, 0.05) is 29.4 Å². The van der Waals surface area contributed by atoms with Gasteiger partial charge in [-0.1, -0.05) is 0 Å². The van der Waals surface area contributed by atoms with Crippen molar-refractivity contribution in [1.82, 2.24) is 14.8 Å². The molecule has 0 bridgehead atoms. The van der Waals surface area contributed by atoms with E-state index in [0.29, 0.717) is 5.57 Å². The zero-order valence-corrected chi connectivity index (χ0v) is 11.9. The Hall–Kier alpha value is -2.13. The molecule has 2 aromatic rings. The molecular formula is C13H15N5S. The highest BCUT2D eigenvalue weighted by atomic mass is 32.1. The molecule has 0 atom stereocenters. The standard InChI is InChI=1S/C13H15N5S/c1-9(2)18-12(4-5-16-18)15-7-11(6-14)13-17-10(3)8-19-13/h4-5,7-9,15H,1-3H3/b11-7+. The summed E-state index contributed by atoms with van der Waals surface area (Å²) in [5.74, 6) is 0.857. The topological polar surface area (TPSA) is 66.5 Å². The Morgan fingerprint density at radius 2 is 2.37 bits per heavy atom. The van der Waals surface area contributed by atoms with Gasteiger partial charge in [0.25, 0.3) is 0 Å². The van der Waals surface area contributed by atoms with E-state index in [4.69, 9.17) is 0 Å². The van der Waals surface area contributed by atoms with Crippen molar-refractivity contribution in [3.05, 3.63) is 34.5 Å². The lowest BCUT2D eigenvalue weighted by Crippen LogP contribution is -2.06. The molecule has 0 amide bonds. The summed E-state index contributed by atoms with van der Waals surface area (Å²) < 4.78 is 1.86. The first-order valence-corrected chi connectivity index (χ1v) is 6.82. The maximum Gasteiger partial charge on any atom is 0.135 e. The highest BCUT2D eigenvalue weighted by Crippen LogP contribution is 2.19. The zero-order valence-electron chi connectivity index (χ0n) is 11.1. The molecule has 2 aromatic heterocycles. The number of allylic oxidation sites excluding steroid dienone is 1. The van der Waals surface area contributed by atoms with Crippen LogP contribution in [-0.4, -0.2) is 14.8 Å². The lowest BCUT2D eigenvalue weighted by atomic mass is 10.3. The van der Waals surface area contributed by atoms with Gasteiger partial charge in [0.1, 0.15) is 22.5 Å². The second-order valence-electron chi connectivity index (χ2n) is 4.36. The van der Waals surface area contributed by atoms with Crippen LogP contribution < -0.4 is 5.32 Å². The number of aryl methyl sites for hydroxylation is 1. The fourth-order valence-corrected chi connectivity index (χ4v) is 2.37. The Labute approximate surface area is 116 Å². The average molecular weight is 273 g/mol. The number of hydrogen-bond acceptors (Lipinski definition) is 5. The predicted octanol–water partition coefficient (Wildman–Crippen LogP) is 3.21. The normalized spacial score (nSPS) is 11.6. The van der Waals surface area contributed by atoms with Gasteiger partial charge in [-0.15, -0.1) is 11.3 Å². The van der Waals surface area contributed by atoms with Crippen LogP contribution in [0.5, 0.6) is 0 Å². The Bertz CT molecular complexity index is 629. The number of anilines is 1. The van der Waals surface area contributed by atoms with E-state index in [1.165, 1.54) is 11.3 Å². The fourth-order valence-electron chi connectivity index (χ4n) is 1.61. The van der Waals surface area contributed by atoms with E-state index >= 15 is 0 Å². The second-order valence-corrected chi connectivity index (χ2v) is 5.22. The van der Waals surface area contributed by atoms with E-state index in [9.17, 15) is 5.26 Å². The number of rotatable bonds is 4. The largest absolute Gasteiger partial charge is 0.345 e. The van der Waals surface area contributed by atoms with Gasteiger partial charge in [-0.3, -0.25) is 0 Å². The van der Waals surface area contributed by atoms with Gasteiger partial charge >= 0.3 is 0 Å². The van der Waals surface area contributed by atoms with E-state index in [2.05, 4.69) is 35.3 Å². The van der Waals surface area contributed by atoms with Crippen LogP contribution in [0.4, 0.5) is 5.82 Å². The Morgan fingerprint density at radius 3 is 2.95 bits per heavy atom. The third kappa shape index (κ3) is 3.01. The van der Waals surface area contributed by atoms with Gasteiger partial charge in [-0.25, -0.2) is 9.67 Å². The number of thiazole rings is 1. The first-order chi connectivity index (χ1) is 9.11. The lowest BCUT2D eigenvalue weighted by Gasteiger charge is -2.10. The molecule has 2 heterocycles. The van der Waals surface area contributed by atoms with Crippen molar-refractivity contribution in [2.24, 2.45) is 0 Å². The van der Waals surface area contributed by atoms with E-state index < -0.39 is 0 Å². The third-order valence-corrected chi connectivity index (χ3v) is 3.49. The predicted molar refractivity (Wildman–Crippen MR) is 76.7 cm³/mol. The molecule has 6 heteroatoms. The summed E-state index contributed by atoms with van der Waals surface area (Å²) in [5, 5.41) is 19.2. The molecule has 0 aliphatic heterocycles. The highest BCUT2D eigenvalue weighted by Gasteiger charge is 2.07. The minimum absolute atomic E-state index is 0.263. The smallest absolute Gasteiger partial charge is 0.135 e. The number of hydrogen-bond donors (Lipinski definition) is 1.